The summed E-state index contributed by atoms with van der Waals surface area (Å²) in [5.74, 6) is 0.797. The number of amides is 2. The van der Waals surface area contributed by atoms with Gasteiger partial charge in [0.25, 0.3) is 0 Å². The first-order valence-electron chi connectivity index (χ1n) is 6.00. The summed E-state index contributed by atoms with van der Waals surface area (Å²) in [6, 6.07) is 7.81. The molecule has 1 aromatic carbocycles. The Morgan fingerprint density at radius 2 is 2.06 bits per heavy atom. The van der Waals surface area contributed by atoms with Crippen LogP contribution in [0.25, 0.3) is 0 Å². The van der Waals surface area contributed by atoms with E-state index in [1.807, 2.05) is 38.4 Å². The lowest BCUT2D eigenvalue weighted by Gasteiger charge is -2.16. The van der Waals surface area contributed by atoms with Crippen LogP contribution in [0.4, 0.5) is 10.5 Å². The van der Waals surface area contributed by atoms with E-state index >= 15 is 0 Å². The van der Waals surface area contributed by atoms with Gasteiger partial charge in [0, 0.05) is 25.8 Å². The number of rotatable bonds is 4. The van der Waals surface area contributed by atoms with Crippen LogP contribution in [0.3, 0.4) is 0 Å². The molecule has 98 valence electrons. The van der Waals surface area contributed by atoms with E-state index in [-0.39, 0.29) is 12.1 Å². The third-order valence-electron chi connectivity index (χ3n) is 3.30. The van der Waals surface area contributed by atoms with Crippen molar-refractivity contribution in [3.8, 4) is 5.75 Å². The predicted molar refractivity (Wildman–Crippen MR) is 71.2 cm³/mol. The molecule has 1 heterocycles. The number of hydrogen-bond donors (Lipinski definition) is 1. The molecule has 1 fully saturated rings. The lowest BCUT2D eigenvalue weighted by atomic mass is 10.2. The van der Waals surface area contributed by atoms with Crippen molar-refractivity contribution in [2.75, 3.05) is 39.2 Å². The molecular formula is C13H19N3O2. The highest BCUT2D eigenvalue weighted by molar-refractivity contribution is 5.94. The molecule has 0 aliphatic carbocycles. The molecule has 1 atom stereocenters. The quantitative estimate of drug-likeness (QED) is 0.870. The summed E-state index contributed by atoms with van der Waals surface area (Å²) >= 11 is 0. The molecule has 0 spiro atoms. The molecule has 1 unspecified atom stereocenters. The van der Waals surface area contributed by atoms with Crippen LogP contribution >= 0.6 is 0 Å². The molecule has 2 rings (SSSR count). The van der Waals surface area contributed by atoms with Gasteiger partial charge in [-0.05, 0) is 31.3 Å². The van der Waals surface area contributed by atoms with Gasteiger partial charge in [0.05, 0.1) is 13.2 Å². The van der Waals surface area contributed by atoms with Crippen LogP contribution in [0.1, 0.15) is 0 Å². The van der Waals surface area contributed by atoms with Crippen molar-refractivity contribution in [3.63, 3.8) is 0 Å². The van der Waals surface area contributed by atoms with Gasteiger partial charge < -0.3 is 15.0 Å². The van der Waals surface area contributed by atoms with Crippen molar-refractivity contribution < 1.29 is 9.53 Å². The number of nitrogens with one attached hydrogen (secondary N) is 1. The second-order valence-corrected chi connectivity index (χ2v) is 4.41. The molecule has 0 radical (unpaired) electrons. The number of hydrogen-bond acceptors (Lipinski definition) is 3. The molecule has 1 aliphatic rings. The number of anilines is 1. The van der Waals surface area contributed by atoms with Crippen molar-refractivity contribution in [1.82, 2.24) is 10.2 Å². The van der Waals surface area contributed by atoms with Gasteiger partial charge in [-0.1, -0.05) is 0 Å². The van der Waals surface area contributed by atoms with Crippen LogP contribution in [0.15, 0.2) is 24.3 Å². The van der Waals surface area contributed by atoms with E-state index in [0.29, 0.717) is 6.54 Å². The number of carbonyl (C=O) groups is 1. The molecule has 18 heavy (non-hydrogen) atoms. The van der Waals surface area contributed by atoms with Gasteiger partial charge in [0.15, 0.2) is 0 Å². The Bertz CT molecular complexity index is 419. The zero-order valence-electron chi connectivity index (χ0n) is 11.0. The fourth-order valence-corrected chi connectivity index (χ4v) is 2.17. The largest absolute Gasteiger partial charge is 0.497 e. The lowest BCUT2D eigenvalue weighted by Crippen LogP contribution is -2.37. The van der Waals surface area contributed by atoms with Gasteiger partial charge in [-0.2, -0.15) is 0 Å². The fraction of sp³-hybridized carbons (Fsp3) is 0.462. The molecule has 1 saturated heterocycles. The number of nitrogens with zero attached hydrogens (tertiary/aromatic N) is 2. The summed E-state index contributed by atoms with van der Waals surface area (Å²) in [7, 11) is 5.37. The lowest BCUT2D eigenvalue weighted by molar-refractivity contribution is 0.218. The van der Waals surface area contributed by atoms with Gasteiger partial charge in [-0.3, -0.25) is 4.90 Å². The van der Waals surface area contributed by atoms with Gasteiger partial charge >= 0.3 is 6.03 Å². The van der Waals surface area contributed by atoms with Gasteiger partial charge in [-0.15, -0.1) is 0 Å². The van der Waals surface area contributed by atoms with Crippen molar-refractivity contribution in [3.05, 3.63) is 24.3 Å². The zero-order chi connectivity index (χ0) is 13.1. The summed E-state index contributed by atoms with van der Waals surface area (Å²) in [6.07, 6.45) is 0. The minimum absolute atomic E-state index is 0.0421. The highest BCUT2D eigenvalue weighted by atomic mass is 16.5. The van der Waals surface area contributed by atoms with Crippen LogP contribution in [-0.4, -0.2) is 51.3 Å². The summed E-state index contributed by atoms with van der Waals surface area (Å²) in [4.78, 5) is 15.7. The topological polar surface area (TPSA) is 44.8 Å². The van der Waals surface area contributed by atoms with Crippen molar-refractivity contribution in [1.29, 1.82) is 0 Å². The van der Waals surface area contributed by atoms with Crippen LogP contribution in [-0.2, 0) is 0 Å². The molecular weight excluding hydrogens is 230 g/mol. The Hall–Kier alpha value is -1.75. The molecule has 2 amide bonds. The smallest absolute Gasteiger partial charge is 0.324 e. The first-order valence-corrected chi connectivity index (χ1v) is 6.00. The number of carbonyl (C=O) groups excluding carboxylic acids is 1. The third kappa shape index (κ3) is 2.26. The maximum Gasteiger partial charge on any atom is 0.324 e. The Kier molecular flexibility index (Phi) is 3.72. The summed E-state index contributed by atoms with van der Waals surface area (Å²) < 4.78 is 5.12. The molecule has 1 aromatic rings. The molecule has 5 heteroatoms. The Balaban J connectivity index is 2.15. The second-order valence-electron chi connectivity index (χ2n) is 4.41. The van der Waals surface area contributed by atoms with E-state index in [1.165, 1.54) is 0 Å². The Labute approximate surface area is 107 Å². The molecule has 1 aliphatic heterocycles. The predicted octanol–water partition coefficient (Wildman–Crippen LogP) is 1.15. The summed E-state index contributed by atoms with van der Waals surface area (Å²) in [6.45, 7) is 1.51. The van der Waals surface area contributed by atoms with E-state index in [0.717, 1.165) is 18.0 Å². The highest BCUT2D eigenvalue weighted by Crippen LogP contribution is 2.24. The summed E-state index contributed by atoms with van der Waals surface area (Å²) in [5, 5.41) is 3.11. The van der Waals surface area contributed by atoms with Crippen LogP contribution in [0.2, 0.25) is 0 Å². The van der Waals surface area contributed by atoms with Crippen LogP contribution in [0.5, 0.6) is 5.75 Å². The third-order valence-corrected chi connectivity index (χ3v) is 3.30. The molecule has 5 nitrogen and oxygen atoms in total. The van der Waals surface area contributed by atoms with Crippen LogP contribution < -0.4 is 15.0 Å². The fourth-order valence-electron chi connectivity index (χ4n) is 2.17. The Morgan fingerprint density at radius 3 is 2.61 bits per heavy atom. The highest BCUT2D eigenvalue weighted by Gasteiger charge is 2.34. The van der Waals surface area contributed by atoms with E-state index < -0.39 is 0 Å². The van der Waals surface area contributed by atoms with Gasteiger partial charge in [0.1, 0.15) is 5.75 Å². The number of likely N-dealkylation sites (N-methyl/N-ethyl adjacent to an activating group) is 2. The molecule has 1 N–H and O–H groups in total. The summed E-state index contributed by atoms with van der Waals surface area (Å²) in [5.41, 5.74) is 0.909. The number of methoxy groups -OCH3 is 1. The number of benzene rings is 1. The SMILES string of the molecule is CNCC1CN(c2ccc(OC)cc2)C(=O)N1C. The van der Waals surface area contributed by atoms with E-state index in [2.05, 4.69) is 5.32 Å². The standard InChI is InChI=1S/C13H19N3O2/c1-14-8-11-9-16(13(17)15(11)2)10-4-6-12(18-3)7-5-10/h4-7,11,14H,8-9H2,1-3H3. The molecule has 0 saturated carbocycles. The van der Waals surface area contributed by atoms with Gasteiger partial charge in [-0.25, -0.2) is 4.79 Å². The number of urea groups is 1. The molecule has 0 bridgehead atoms. The second kappa shape index (κ2) is 5.27. The van der Waals surface area contributed by atoms with Crippen molar-refractivity contribution in [2.45, 2.75) is 6.04 Å². The number of ether oxygens (including phenoxy) is 1. The van der Waals surface area contributed by atoms with Crippen LogP contribution in [0, 0.1) is 0 Å². The first-order chi connectivity index (χ1) is 8.67. The van der Waals surface area contributed by atoms with E-state index in [9.17, 15) is 4.79 Å². The van der Waals surface area contributed by atoms with E-state index in [1.54, 1.807) is 16.9 Å². The first kappa shape index (κ1) is 12.7. The van der Waals surface area contributed by atoms with Crippen molar-refractivity contribution in [2.24, 2.45) is 0 Å². The zero-order valence-corrected chi connectivity index (χ0v) is 11.0. The molecule has 0 aromatic heterocycles. The van der Waals surface area contributed by atoms with E-state index in [4.69, 9.17) is 4.74 Å². The maximum absolute atomic E-state index is 12.1. The minimum Gasteiger partial charge on any atom is -0.497 e. The average molecular weight is 249 g/mol. The van der Waals surface area contributed by atoms with Crippen molar-refractivity contribution >= 4 is 11.7 Å². The normalized spacial score (nSPS) is 19.5. The maximum atomic E-state index is 12.1. The Morgan fingerprint density at radius 1 is 1.39 bits per heavy atom. The van der Waals surface area contributed by atoms with Gasteiger partial charge in [0.2, 0.25) is 0 Å². The minimum atomic E-state index is 0.0421. The monoisotopic (exact) mass is 249 g/mol. The average Bonchev–Trinajstić information content (AvgIpc) is 2.68.